The number of Topliss-reactive ketones (excluding diaryl/α,β-unsaturated/α-hetero) is 1. The molecule has 6 nitrogen and oxygen atoms in total. The third-order valence-corrected chi connectivity index (χ3v) is 5.05. The molecular weight excluding hydrogens is 344 g/mol. The molecule has 4 rings (SSSR count). The van der Waals surface area contributed by atoms with Crippen molar-refractivity contribution in [1.29, 1.82) is 0 Å². The summed E-state index contributed by atoms with van der Waals surface area (Å²) in [5, 5.41) is 2.68. The van der Waals surface area contributed by atoms with Gasteiger partial charge in [-0.3, -0.25) is 14.4 Å². The van der Waals surface area contributed by atoms with E-state index in [4.69, 9.17) is 4.74 Å². The Bertz CT molecular complexity index is 922. The summed E-state index contributed by atoms with van der Waals surface area (Å²) in [5.41, 5.74) is 1.16. The van der Waals surface area contributed by atoms with Gasteiger partial charge in [0.15, 0.2) is 5.78 Å². The lowest BCUT2D eigenvalue weighted by molar-refractivity contribution is -0.114. The fraction of sp³-hybridized carbons (Fsp3) is 0.286. The number of carbonyl (C=O) groups excluding carboxylic acids is 3. The summed E-state index contributed by atoms with van der Waals surface area (Å²) in [6.07, 6.45) is 0.915. The van der Waals surface area contributed by atoms with Crippen LogP contribution in [0, 0.1) is 0 Å². The molecule has 2 aromatic carbocycles. The summed E-state index contributed by atoms with van der Waals surface area (Å²) < 4.78 is 6.17. The maximum Gasteiger partial charge on any atom is 0.253 e. The third-order valence-electron chi connectivity index (χ3n) is 5.05. The molecule has 2 heterocycles. The Morgan fingerprint density at radius 2 is 1.85 bits per heavy atom. The van der Waals surface area contributed by atoms with Crippen LogP contribution in [0.4, 0.5) is 5.69 Å². The van der Waals surface area contributed by atoms with E-state index in [0.29, 0.717) is 42.1 Å². The maximum absolute atomic E-state index is 12.8. The number of ketones is 1. The fourth-order valence-electron chi connectivity index (χ4n) is 3.77. The Balaban J connectivity index is 1.49. The zero-order valence-electron chi connectivity index (χ0n) is 15.0. The number of hydrogen-bond donors (Lipinski definition) is 1. The van der Waals surface area contributed by atoms with Crippen molar-refractivity contribution in [3.8, 4) is 5.75 Å². The minimum absolute atomic E-state index is 0.0609. The highest BCUT2D eigenvalue weighted by Gasteiger charge is 2.46. The summed E-state index contributed by atoms with van der Waals surface area (Å²) in [6.45, 7) is 2.37. The molecule has 1 saturated heterocycles. The standard InChI is InChI=1S/C21H20N2O4/c1-14(24)22-16-8-6-15(7-9-16)20(26)23-11-10-21(13-23)12-18(25)17-4-2-3-5-19(17)27-21/h2-9H,10-13H2,1H3,(H,22,24). The Labute approximate surface area is 157 Å². The van der Waals surface area contributed by atoms with Gasteiger partial charge in [0, 0.05) is 31.1 Å². The van der Waals surface area contributed by atoms with Crippen LogP contribution in [0.25, 0.3) is 0 Å². The van der Waals surface area contributed by atoms with Gasteiger partial charge in [0.05, 0.1) is 18.5 Å². The molecule has 0 aliphatic carbocycles. The maximum atomic E-state index is 12.8. The van der Waals surface area contributed by atoms with E-state index < -0.39 is 5.60 Å². The average molecular weight is 364 g/mol. The van der Waals surface area contributed by atoms with Crippen molar-refractivity contribution in [3.63, 3.8) is 0 Å². The SMILES string of the molecule is CC(=O)Nc1ccc(C(=O)N2CCC3(CC(=O)c4ccccc4O3)C2)cc1. The van der Waals surface area contributed by atoms with Gasteiger partial charge in [-0.15, -0.1) is 0 Å². The zero-order valence-corrected chi connectivity index (χ0v) is 15.0. The number of fused-ring (bicyclic) bond motifs is 1. The summed E-state index contributed by atoms with van der Waals surface area (Å²) in [4.78, 5) is 38.2. The normalized spacial score (nSPS) is 20.9. The highest BCUT2D eigenvalue weighted by molar-refractivity contribution is 6.01. The molecule has 1 atom stereocenters. The first-order chi connectivity index (χ1) is 13.0. The Morgan fingerprint density at radius 1 is 1.11 bits per heavy atom. The number of carbonyl (C=O) groups is 3. The van der Waals surface area contributed by atoms with E-state index in [2.05, 4.69) is 5.32 Å². The van der Waals surface area contributed by atoms with E-state index in [1.165, 1.54) is 6.92 Å². The van der Waals surface area contributed by atoms with Crippen LogP contribution < -0.4 is 10.1 Å². The lowest BCUT2D eigenvalue weighted by Gasteiger charge is -2.34. The Hall–Kier alpha value is -3.15. The van der Waals surface area contributed by atoms with Crippen LogP contribution >= 0.6 is 0 Å². The number of ether oxygens (including phenoxy) is 1. The van der Waals surface area contributed by atoms with Crippen LogP contribution in [-0.4, -0.2) is 41.2 Å². The number of hydrogen-bond acceptors (Lipinski definition) is 4. The molecule has 0 saturated carbocycles. The highest BCUT2D eigenvalue weighted by Crippen LogP contribution is 2.38. The Morgan fingerprint density at radius 3 is 2.59 bits per heavy atom. The van der Waals surface area contributed by atoms with Gasteiger partial charge in [-0.2, -0.15) is 0 Å². The monoisotopic (exact) mass is 364 g/mol. The van der Waals surface area contributed by atoms with Gasteiger partial charge in [-0.25, -0.2) is 0 Å². The number of nitrogens with one attached hydrogen (secondary N) is 1. The molecule has 2 amide bonds. The van der Waals surface area contributed by atoms with Crippen molar-refractivity contribution in [3.05, 3.63) is 59.7 Å². The number of rotatable bonds is 2. The topological polar surface area (TPSA) is 75.7 Å². The molecule has 2 aromatic rings. The molecule has 2 aliphatic heterocycles. The molecule has 2 aliphatic rings. The van der Waals surface area contributed by atoms with Crippen LogP contribution in [0.15, 0.2) is 48.5 Å². The van der Waals surface area contributed by atoms with E-state index in [9.17, 15) is 14.4 Å². The zero-order chi connectivity index (χ0) is 19.0. The molecule has 27 heavy (non-hydrogen) atoms. The number of amides is 2. The molecule has 1 spiro atoms. The minimum atomic E-state index is -0.642. The van der Waals surface area contributed by atoms with Gasteiger partial charge in [0.2, 0.25) is 5.91 Å². The lowest BCUT2D eigenvalue weighted by Crippen LogP contribution is -2.45. The number of para-hydroxylation sites is 1. The van der Waals surface area contributed by atoms with Gasteiger partial charge in [-0.05, 0) is 36.4 Å². The van der Waals surface area contributed by atoms with Crippen LogP contribution in [0.3, 0.4) is 0 Å². The van der Waals surface area contributed by atoms with Gasteiger partial charge >= 0.3 is 0 Å². The van der Waals surface area contributed by atoms with Crippen molar-refractivity contribution >= 4 is 23.3 Å². The first kappa shape index (κ1) is 17.3. The van der Waals surface area contributed by atoms with Crippen molar-refractivity contribution in [2.75, 3.05) is 18.4 Å². The second-order valence-corrected chi connectivity index (χ2v) is 7.12. The molecular formula is C21H20N2O4. The number of nitrogens with zero attached hydrogens (tertiary/aromatic N) is 1. The molecule has 1 N–H and O–H groups in total. The van der Waals surface area contributed by atoms with Crippen molar-refractivity contribution in [1.82, 2.24) is 4.90 Å². The molecule has 0 radical (unpaired) electrons. The van der Waals surface area contributed by atoms with Gasteiger partial charge < -0.3 is 15.0 Å². The number of anilines is 1. The first-order valence-corrected chi connectivity index (χ1v) is 8.94. The van der Waals surface area contributed by atoms with Crippen LogP contribution in [0.5, 0.6) is 5.75 Å². The van der Waals surface area contributed by atoms with Crippen molar-refractivity contribution < 1.29 is 19.1 Å². The van der Waals surface area contributed by atoms with Gasteiger partial charge in [-0.1, -0.05) is 12.1 Å². The molecule has 1 fully saturated rings. The summed E-state index contributed by atoms with van der Waals surface area (Å²) in [6, 6.07) is 14.1. The van der Waals surface area contributed by atoms with E-state index >= 15 is 0 Å². The van der Waals surface area contributed by atoms with Crippen LogP contribution in [0.1, 0.15) is 40.5 Å². The number of benzene rings is 2. The van der Waals surface area contributed by atoms with Gasteiger partial charge in [0.25, 0.3) is 5.91 Å². The number of likely N-dealkylation sites (tertiary alicyclic amines) is 1. The molecule has 138 valence electrons. The van der Waals surface area contributed by atoms with E-state index in [1.54, 1.807) is 41.3 Å². The second-order valence-electron chi connectivity index (χ2n) is 7.12. The third kappa shape index (κ3) is 3.30. The van der Waals surface area contributed by atoms with Crippen LogP contribution in [-0.2, 0) is 4.79 Å². The molecule has 6 heteroatoms. The van der Waals surface area contributed by atoms with E-state index in [0.717, 1.165) is 0 Å². The summed E-state index contributed by atoms with van der Waals surface area (Å²) in [7, 11) is 0. The predicted molar refractivity (Wildman–Crippen MR) is 100 cm³/mol. The lowest BCUT2D eigenvalue weighted by atomic mass is 9.89. The molecule has 0 bridgehead atoms. The van der Waals surface area contributed by atoms with Gasteiger partial charge in [0.1, 0.15) is 11.4 Å². The van der Waals surface area contributed by atoms with Crippen LogP contribution in [0.2, 0.25) is 0 Å². The minimum Gasteiger partial charge on any atom is -0.484 e. The average Bonchev–Trinajstić information content (AvgIpc) is 3.04. The molecule has 0 aromatic heterocycles. The van der Waals surface area contributed by atoms with E-state index in [-0.39, 0.29) is 24.0 Å². The summed E-state index contributed by atoms with van der Waals surface area (Å²) in [5.74, 6) is 0.402. The predicted octanol–water partition coefficient (Wildman–Crippen LogP) is 2.90. The first-order valence-electron chi connectivity index (χ1n) is 8.94. The summed E-state index contributed by atoms with van der Waals surface area (Å²) >= 11 is 0. The van der Waals surface area contributed by atoms with E-state index in [1.807, 2.05) is 12.1 Å². The van der Waals surface area contributed by atoms with Crippen molar-refractivity contribution in [2.45, 2.75) is 25.4 Å². The fourth-order valence-corrected chi connectivity index (χ4v) is 3.77. The largest absolute Gasteiger partial charge is 0.484 e. The highest BCUT2D eigenvalue weighted by atomic mass is 16.5. The smallest absolute Gasteiger partial charge is 0.253 e. The van der Waals surface area contributed by atoms with Crippen molar-refractivity contribution in [2.24, 2.45) is 0 Å². The second kappa shape index (κ2) is 6.54. The quantitative estimate of drug-likeness (QED) is 0.889. The molecule has 1 unspecified atom stereocenters. The Kier molecular flexibility index (Phi) is 4.18.